The summed E-state index contributed by atoms with van der Waals surface area (Å²) in [4.78, 5) is 0. The molecule has 4 heteroatoms. The summed E-state index contributed by atoms with van der Waals surface area (Å²) in [5.41, 5.74) is 0.527. The molecule has 0 atom stereocenters. The van der Waals surface area contributed by atoms with E-state index in [-0.39, 0.29) is 12.5 Å². The van der Waals surface area contributed by atoms with Crippen LogP contribution in [0, 0.1) is 0 Å². The minimum absolute atomic E-state index is 0.101. The highest BCUT2D eigenvalue weighted by Gasteiger charge is 2.33. The lowest BCUT2D eigenvalue weighted by molar-refractivity contribution is -0.138. The fraction of sp³-hybridized carbons (Fsp3) is 0.571. The van der Waals surface area contributed by atoms with Gasteiger partial charge >= 0.3 is 6.18 Å². The first-order valence-electron chi connectivity index (χ1n) is 6.27. The van der Waals surface area contributed by atoms with E-state index in [9.17, 15) is 13.2 Å². The van der Waals surface area contributed by atoms with Gasteiger partial charge in [-0.3, -0.25) is 0 Å². The Morgan fingerprint density at radius 1 is 1.22 bits per heavy atom. The highest BCUT2D eigenvalue weighted by molar-refractivity contribution is 5.35. The minimum Gasteiger partial charge on any atom is -0.313 e. The summed E-state index contributed by atoms with van der Waals surface area (Å²) < 4.78 is 38.9. The molecule has 0 spiro atoms. The van der Waals surface area contributed by atoms with Crippen LogP contribution in [-0.4, -0.2) is 6.54 Å². The van der Waals surface area contributed by atoms with Crippen molar-refractivity contribution in [3.63, 3.8) is 0 Å². The van der Waals surface area contributed by atoms with Crippen molar-refractivity contribution >= 4 is 0 Å². The van der Waals surface area contributed by atoms with Crippen LogP contribution >= 0.6 is 0 Å². The number of hydrogen-bond acceptors (Lipinski definition) is 1. The molecule has 0 radical (unpaired) electrons. The second-order valence-electron chi connectivity index (χ2n) is 4.75. The molecular formula is C14H20F3N. The Hall–Kier alpha value is -1.03. The van der Waals surface area contributed by atoms with Gasteiger partial charge in [-0.15, -0.1) is 0 Å². The third kappa shape index (κ3) is 4.02. The molecular weight excluding hydrogens is 239 g/mol. The Labute approximate surface area is 106 Å². The normalized spacial score (nSPS) is 12.2. The Bertz CT molecular complexity index is 383. The summed E-state index contributed by atoms with van der Waals surface area (Å²) in [5.74, 6) is 0.101. The van der Waals surface area contributed by atoms with Crippen LogP contribution in [0.2, 0.25) is 0 Å². The van der Waals surface area contributed by atoms with Crippen molar-refractivity contribution in [3.05, 3.63) is 34.9 Å². The molecule has 18 heavy (non-hydrogen) atoms. The van der Waals surface area contributed by atoms with Gasteiger partial charge in [0.1, 0.15) is 0 Å². The second-order valence-corrected chi connectivity index (χ2v) is 4.75. The van der Waals surface area contributed by atoms with Crippen molar-refractivity contribution < 1.29 is 13.2 Å². The molecule has 0 amide bonds. The van der Waals surface area contributed by atoms with Gasteiger partial charge < -0.3 is 5.32 Å². The van der Waals surface area contributed by atoms with Crippen molar-refractivity contribution in [1.29, 1.82) is 0 Å². The molecule has 1 aromatic carbocycles. The monoisotopic (exact) mass is 259 g/mol. The second kappa shape index (κ2) is 6.23. The van der Waals surface area contributed by atoms with Crippen LogP contribution < -0.4 is 5.32 Å². The predicted octanol–water partition coefficient (Wildman–Crippen LogP) is 4.33. The third-order valence-corrected chi connectivity index (χ3v) is 2.85. The summed E-state index contributed by atoms with van der Waals surface area (Å²) in [6.07, 6.45) is -3.38. The van der Waals surface area contributed by atoms with Gasteiger partial charge in [-0.1, -0.05) is 32.9 Å². The van der Waals surface area contributed by atoms with E-state index in [1.165, 1.54) is 6.07 Å². The number of halogens is 3. The number of benzene rings is 1. The van der Waals surface area contributed by atoms with Crippen molar-refractivity contribution in [3.8, 4) is 0 Å². The van der Waals surface area contributed by atoms with Gasteiger partial charge in [0.15, 0.2) is 0 Å². The lowest BCUT2D eigenvalue weighted by Crippen LogP contribution is -2.18. The molecule has 1 aromatic rings. The average molecular weight is 259 g/mol. The summed E-state index contributed by atoms with van der Waals surface area (Å²) in [6, 6.07) is 4.64. The van der Waals surface area contributed by atoms with Crippen LogP contribution in [0.4, 0.5) is 13.2 Å². The molecule has 0 aliphatic heterocycles. The number of alkyl halides is 3. The molecule has 0 saturated carbocycles. The Balaban J connectivity index is 3.02. The van der Waals surface area contributed by atoms with Crippen molar-refractivity contribution in [2.75, 3.05) is 6.54 Å². The molecule has 0 aliphatic rings. The molecule has 0 heterocycles. The maximum Gasteiger partial charge on any atom is 0.416 e. The topological polar surface area (TPSA) is 12.0 Å². The van der Waals surface area contributed by atoms with Gasteiger partial charge in [-0.05, 0) is 36.1 Å². The molecule has 0 aliphatic carbocycles. The van der Waals surface area contributed by atoms with E-state index >= 15 is 0 Å². The quantitative estimate of drug-likeness (QED) is 0.776. The number of nitrogens with one attached hydrogen (secondary N) is 1. The number of rotatable bonds is 5. The molecule has 0 unspecified atom stereocenters. The van der Waals surface area contributed by atoms with E-state index in [0.717, 1.165) is 18.5 Å². The molecule has 0 aromatic heterocycles. The zero-order chi connectivity index (χ0) is 13.8. The number of hydrogen-bond donors (Lipinski definition) is 1. The first-order valence-corrected chi connectivity index (χ1v) is 6.27. The largest absolute Gasteiger partial charge is 0.416 e. The van der Waals surface area contributed by atoms with E-state index in [1.807, 2.05) is 20.8 Å². The predicted molar refractivity (Wildman–Crippen MR) is 67.5 cm³/mol. The molecule has 0 bridgehead atoms. The van der Waals surface area contributed by atoms with Crippen LogP contribution in [0.15, 0.2) is 18.2 Å². The minimum atomic E-state index is -4.28. The molecule has 1 rings (SSSR count). The standard InChI is InChI=1S/C14H20F3N/c1-4-7-18-9-12-6-5-11(10(2)3)8-13(12)14(15,16)17/h5-6,8,10,18H,4,7,9H2,1-3H3. The van der Waals surface area contributed by atoms with Crippen LogP contribution in [0.25, 0.3) is 0 Å². The first kappa shape index (κ1) is 15.0. The SMILES string of the molecule is CCCNCc1ccc(C(C)C)cc1C(F)(F)F. The summed E-state index contributed by atoms with van der Waals surface area (Å²) in [7, 11) is 0. The van der Waals surface area contributed by atoms with Crippen molar-refractivity contribution in [1.82, 2.24) is 5.32 Å². The van der Waals surface area contributed by atoms with E-state index in [0.29, 0.717) is 5.56 Å². The maximum atomic E-state index is 13.0. The van der Waals surface area contributed by atoms with Crippen LogP contribution in [0.5, 0.6) is 0 Å². The van der Waals surface area contributed by atoms with Crippen LogP contribution in [0.1, 0.15) is 49.8 Å². The van der Waals surface area contributed by atoms with E-state index in [4.69, 9.17) is 0 Å². The van der Waals surface area contributed by atoms with Gasteiger partial charge in [-0.2, -0.15) is 13.2 Å². The summed E-state index contributed by atoms with van der Waals surface area (Å²) >= 11 is 0. The van der Waals surface area contributed by atoms with E-state index < -0.39 is 11.7 Å². The Morgan fingerprint density at radius 3 is 2.39 bits per heavy atom. The Kier molecular flexibility index (Phi) is 5.20. The molecule has 1 N–H and O–H groups in total. The highest BCUT2D eigenvalue weighted by Crippen LogP contribution is 2.34. The average Bonchev–Trinajstić information content (AvgIpc) is 2.28. The zero-order valence-electron chi connectivity index (χ0n) is 11.1. The van der Waals surface area contributed by atoms with Crippen LogP contribution in [0.3, 0.4) is 0 Å². The van der Waals surface area contributed by atoms with Gasteiger partial charge in [0.05, 0.1) is 5.56 Å². The lowest BCUT2D eigenvalue weighted by atomic mass is 9.97. The highest BCUT2D eigenvalue weighted by atomic mass is 19.4. The Morgan fingerprint density at radius 2 is 1.89 bits per heavy atom. The van der Waals surface area contributed by atoms with Crippen molar-refractivity contribution in [2.24, 2.45) is 0 Å². The molecule has 102 valence electrons. The smallest absolute Gasteiger partial charge is 0.313 e. The first-order chi connectivity index (χ1) is 8.36. The van der Waals surface area contributed by atoms with Gasteiger partial charge in [0, 0.05) is 6.54 Å². The van der Waals surface area contributed by atoms with Crippen molar-refractivity contribution in [2.45, 2.75) is 45.8 Å². The van der Waals surface area contributed by atoms with E-state index in [2.05, 4.69) is 5.32 Å². The third-order valence-electron chi connectivity index (χ3n) is 2.85. The fourth-order valence-corrected chi connectivity index (χ4v) is 1.77. The van der Waals surface area contributed by atoms with Gasteiger partial charge in [0.2, 0.25) is 0 Å². The molecule has 0 saturated heterocycles. The van der Waals surface area contributed by atoms with Gasteiger partial charge in [-0.25, -0.2) is 0 Å². The molecule has 0 fully saturated rings. The lowest BCUT2D eigenvalue weighted by Gasteiger charge is -2.16. The van der Waals surface area contributed by atoms with Crippen LogP contribution in [-0.2, 0) is 12.7 Å². The fourth-order valence-electron chi connectivity index (χ4n) is 1.77. The summed E-state index contributed by atoms with van der Waals surface area (Å²) in [6.45, 7) is 6.76. The molecule has 1 nitrogen and oxygen atoms in total. The zero-order valence-corrected chi connectivity index (χ0v) is 11.1. The summed E-state index contributed by atoms with van der Waals surface area (Å²) in [5, 5.41) is 3.01. The van der Waals surface area contributed by atoms with E-state index in [1.54, 1.807) is 12.1 Å². The van der Waals surface area contributed by atoms with Gasteiger partial charge in [0.25, 0.3) is 0 Å². The maximum absolute atomic E-state index is 13.0.